The van der Waals surface area contributed by atoms with Gasteiger partial charge in [-0.3, -0.25) is 0 Å². The number of nitrogens with one attached hydrogen (secondary N) is 1. The van der Waals surface area contributed by atoms with Crippen molar-refractivity contribution in [3.8, 4) is 11.6 Å². The minimum absolute atomic E-state index is 0.0874. The fourth-order valence-corrected chi connectivity index (χ4v) is 1.38. The molecule has 0 atom stereocenters. The zero-order chi connectivity index (χ0) is 13.1. The molecular weight excluding hydrogens is 235 g/mol. The molecule has 1 aromatic heterocycles. The first-order valence-electron chi connectivity index (χ1n) is 5.35. The Morgan fingerprint density at radius 3 is 2.72 bits per heavy atom. The van der Waals surface area contributed by atoms with Crippen LogP contribution in [0.5, 0.6) is 11.6 Å². The molecule has 0 bridgehead atoms. The zero-order valence-corrected chi connectivity index (χ0v) is 10.1. The molecule has 0 aliphatic heterocycles. The van der Waals surface area contributed by atoms with Crippen molar-refractivity contribution >= 4 is 11.8 Å². The summed E-state index contributed by atoms with van der Waals surface area (Å²) >= 11 is 0. The quantitative estimate of drug-likeness (QED) is 0.872. The summed E-state index contributed by atoms with van der Waals surface area (Å²) in [6.45, 7) is 1.68. The normalized spacial score (nSPS) is 10.2. The number of aromatic nitrogens is 2. The molecule has 5 nitrogen and oxygen atoms in total. The van der Waals surface area contributed by atoms with E-state index in [2.05, 4.69) is 15.3 Å². The summed E-state index contributed by atoms with van der Waals surface area (Å²) in [6.07, 6.45) is 0. The highest BCUT2D eigenvalue weighted by atomic mass is 19.1. The van der Waals surface area contributed by atoms with Gasteiger partial charge in [0, 0.05) is 19.2 Å². The van der Waals surface area contributed by atoms with E-state index in [0.29, 0.717) is 17.1 Å². The van der Waals surface area contributed by atoms with Crippen LogP contribution in [0.3, 0.4) is 0 Å². The molecule has 0 radical (unpaired) electrons. The maximum atomic E-state index is 13.4. The lowest BCUT2D eigenvalue weighted by atomic mass is 10.2. The second-order valence-corrected chi connectivity index (χ2v) is 3.71. The summed E-state index contributed by atoms with van der Waals surface area (Å²) < 4.78 is 18.8. The summed E-state index contributed by atoms with van der Waals surface area (Å²) in [7, 11) is 1.71. The Balaban J connectivity index is 2.27. The van der Waals surface area contributed by atoms with Crippen molar-refractivity contribution in [2.24, 2.45) is 0 Å². The lowest BCUT2D eigenvalue weighted by Gasteiger charge is -2.07. The third-order valence-electron chi connectivity index (χ3n) is 2.34. The van der Waals surface area contributed by atoms with Gasteiger partial charge in [-0.1, -0.05) is 6.07 Å². The van der Waals surface area contributed by atoms with E-state index < -0.39 is 0 Å². The maximum Gasteiger partial charge on any atom is 0.226 e. The molecule has 0 saturated heterocycles. The van der Waals surface area contributed by atoms with Gasteiger partial charge in [-0.15, -0.1) is 0 Å². The molecule has 0 aliphatic rings. The molecule has 0 amide bonds. The van der Waals surface area contributed by atoms with Gasteiger partial charge < -0.3 is 15.8 Å². The van der Waals surface area contributed by atoms with Crippen molar-refractivity contribution in [3.05, 3.63) is 35.6 Å². The molecule has 2 aromatic rings. The molecule has 18 heavy (non-hydrogen) atoms. The first kappa shape index (κ1) is 12.1. The van der Waals surface area contributed by atoms with Gasteiger partial charge in [0.2, 0.25) is 11.8 Å². The van der Waals surface area contributed by atoms with Crippen LogP contribution in [0.25, 0.3) is 0 Å². The minimum Gasteiger partial charge on any atom is -0.439 e. The fraction of sp³-hybridized carbons (Fsp3) is 0.167. The van der Waals surface area contributed by atoms with Gasteiger partial charge in [0.1, 0.15) is 17.4 Å². The number of nitrogens with two attached hydrogens (primary N) is 1. The van der Waals surface area contributed by atoms with Crippen molar-refractivity contribution in [2.75, 3.05) is 18.1 Å². The summed E-state index contributed by atoms with van der Waals surface area (Å²) in [5.74, 6) is 0.909. The van der Waals surface area contributed by atoms with E-state index in [-0.39, 0.29) is 17.6 Å². The van der Waals surface area contributed by atoms with Crippen molar-refractivity contribution < 1.29 is 9.13 Å². The Morgan fingerprint density at radius 1 is 1.28 bits per heavy atom. The van der Waals surface area contributed by atoms with E-state index in [1.54, 1.807) is 32.2 Å². The van der Waals surface area contributed by atoms with E-state index in [9.17, 15) is 4.39 Å². The average molecular weight is 248 g/mol. The Kier molecular flexibility index (Phi) is 3.27. The number of nitrogen functional groups attached to an aromatic ring is 1. The standard InChI is InChI=1S/C12H13FN4O/c1-7-3-4-8(5-9(7)13)18-11-6-10(15-2)16-12(14)17-11/h3-6H,1-2H3,(H3,14,15,16,17). The number of halogens is 1. The molecule has 1 heterocycles. The molecular formula is C12H13FN4O. The summed E-state index contributed by atoms with van der Waals surface area (Å²) in [6, 6.07) is 6.17. The van der Waals surface area contributed by atoms with Crippen LogP contribution < -0.4 is 15.8 Å². The number of benzene rings is 1. The van der Waals surface area contributed by atoms with Crippen LogP contribution in [-0.4, -0.2) is 17.0 Å². The smallest absolute Gasteiger partial charge is 0.226 e. The third-order valence-corrected chi connectivity index (χ3v) is 2.34. The molecule has 3 N–H and O–H groups in total. The largest absolute Gasteiger partial charge is 0.439 e. The molecule has 0 unspecified atom stereocenters. The molecule has 1 aromatic carbocycles. The van der Waals surface area contributed by atoms with Crippen LogP contribution >= 0.6 is 0 Å². The van der Waals surface area contributed by atoms with E-state index >= 15 is 0 Å². The number of nitrogens with zero attached hydrogens (tertiary/aromatic N) is 2. The number of rotatable bonds is 3. The van der Waals surface area contributed by atoms with Crippen LogP contribution in [0.2, 0.25) is 0 Å². The predicted molar refractivity (Wildman–Crippen MR) is 67.2 cm³/mol. The maximum absolute atomic E-state index is 13.4. The Bertz CT molecular complexity index is 574. The first-order valence-corrected chi connectivity index (χ1v) is 5.35. The number of ether oxygens (including phenoxy) is 1. The molecule has 0 aliphatic carbocycles. The zero-order valence-electron chi connectivity index (χ0n) is 10.1. The SMILES string of the molecule is CNc1cc(Oc2ccc(C)c(F)c2)nc(N)n1. The van der Waals surface area contributed by atoms with Crippen molar-refractivity contribution in [3.63, 3.8) is 0 Å². The van der Waals surface area contributed by atoms with Gasteiger partial charge >= 0.3 is 0 Å². The molecule has 94 valence electrons. The highest BCUT2D eigenvalue weighted by Crippen LogP contribution is 2.23. The van der Waals surface area contributed by atoms with Gasteiger partial charge in [0.25, 0.3) is 0 Å². The van der Waals surface area contributed by atoms with Crippen LogP contribution in [0.4, 0.5) is 16.2 Å². The predicted octanol–water partition coefficient (Wildman–Crippen LogP) is 2.34. The molecule has 0 saturated carbocycles. The van der Waals surface area contributed by atoms with Crippen molar-refractivity contribution in [1.29, 1.82) is 0 Å². The fourth-order valence-electron chi connectivity index (χ4n) is 1.38. The summed E-state index contributed by atoms with van der Waals surface area (Å²) in [4.78, 5) is 7.84. The van der Waals surface area contributed by atoms with Gasteiger partial charge in [-0.25, -0.2) is 4.39 Å². The first-order chi connectivity index (χ1) is 8.58. The second kappa shape index (κ2) is 4.87. The lowest BCUT2D eigenvalue weighted by Crippen LogP contribution is -2.01. The van der Waals surface area contributed by atoms with Gasteiger partial charge in [-0.2, -0.15) is 9.97 Å². The van der Waals surface area contributed by atoms with Gasteiger partial charge in [0.05, 0.1) is 0 Å². The molecule has 0 spiro atoms. The second-order valence-electron chi connectivity index (χ2n) is 3.71. The Hall–Kier alpha value is -2.37. The van der Waals surface area contributed by atoms with E-state index in [1.807, 2.05) is 0 Å². The van der Waals surface area contributed by atoms with Crippen LogP contribution in [0, 0.1) is 12.7 Å². The van der Waals surface area contributed by atoms with Gasteiger partial charge in [0.15, 0.2) is 0 Å². The molecule has 2 rings (SSSR count). The molecule has 6 heteroatoms. The van der Waals surface area contributed by atoms with E-state index in [4.69, 9.17) is 10.5 Å². The van der Waals surface area contributed by atoms with Crippen molar-refractivity contribution in [2.45, 2.75) is 6.92 Å². The highest BCUT2D eigenvalue weighted by molar-refractivity contribution is 5.43. The number of hydrogen-bond donors (Lipinski definition) is 2. The minimum atomic E-state index is -0.330. The molecule has 0 fully saturated rings. The van der Waals surface area contributed by atoms with E-state index in [1.165, 1.54) is 6.07 Å². The van der Waals surface area contributed by atoms with Crippen LogP contribution in [-0.2, 0) is 0 Å². The van der Waals surface area contributed by atoms with Crippen LogP contribution in [0.1, 0.15) is 5.56 Å². The topological polar surface area (TPSA) is 73.1 Å². The third kappa shape index (κ3) is 2.65. The van der Waals surface area contributed by atoms with Crippen LogP contribution in [0.15, 0.2) is 24.3 Å². The highest BCUT2D eigenvalue weighted by Gasteiger charge is 2.05. The van der Waals surface area contributed by atoms with E-state index in [0.717, 1.165) is 0 Å². The Labute approximate surface area is 104 Å². The summed E-state index contributed by atoms with van der Waals surface area (Å²) in [5.41, 5.74) is 6.08. The number of hydrogen-bond acceptors (Lipinski definition) is 5. The lowest BCUT2D eigenvalue weighted by molar-refractivity contribution is 0.457. The van der Waals surface area contributed by atoms with Gasteiger partial charge in [-0.05, 0) is 18.6 Å². The monoisotopic (exact) mass is 248 g/mol. The average Bonchev–Trinajstić information content (AvgIpc) is 2.33. The summed E-state index contributed by atoms with van der Waals surface area (Å²) in [5, 5.41) is 2.83. The number of aryl methyl sites for hydroxylation is 1. The Morgan fingerprint density at radius 2 is 2.06 bits per heavy atom. The van der Waals surface area contributed by atoms with Crippen molar-refractivity contribution in [1.82, 2.24) is 9.97 Å². The number of anilines is 2.